The Morgan fingerprint density at radius 2 is 1.62 bits per heavy atom. The molecule has 5 nitrogen and oxygen atoms in total. The molecule has 162 valence electrons. The van der Waals surface area contributed by atoms with Gasteiger partial charge in [-0.2, -0.15) is 0 Å². The fraction of sp³-hybridized carbons (Fsp3) is 0.185. The molecular weight excluding hydrogens is 398 g/mol. The summed E-state index contributed by atoms with van der Waals surface area (Å²) in [5.74, 6) is 0.264. The first kappa shape index (κ1) is 21.5. The molecule has 0 aliphatic carbocycles. The Morgan fingerprint density at radius 1 is 0.938 bits per heavy atom. The molecule has 0 atom stereocenters. The summed E-state index contributed by atoms with van der Waals surface area (Å²) in [5, 5.41) is 3.85. The third kappa shape index (κ3) is 4.48. The number of carbonyl (C=O) groups excluding carboxylic acids is 1. The number of nitrogens with zero attached hydrogens (tertiary/aromatic N) is 1. The zero-order valence-corrected chi connectivity index (χ0v) is 18.2. The standard InChI is InChI=1S/C27H27N3O2/c1-2-19-10-6-7-13-21(19)18-29-27(31)24-22-14-8-9-15-23(22)30-25(26(24)32-17-16-28)20-11-4-3-5-12-20/h3-15H,2,16-18,28H2,1H3,(H,29,31). The highest BCUT2D eigenvalue weighted by atomic mass is 16.5. The van der Waals surface area contributed by atoms with Crippen molar-refractivity contribution in [2.45, 2.75) is 19.9 Å². The van der Waals surface area contributed by atoms with Gasteiger partial charge in [0.05, 0.1) is 11.1 Å². The lowest BCUT2D eigenvalue weighted by molar-refractivity contribution is 0.0948. The summed E-state index contributed by atoms with van der Waals surface area (Å²) in [6.45, 7) is 3.18. The van der Waals surface area contributed by atoms with E-state index in [-0.39, 0.29) is 5.91 Å². The summed E-state index contributed by atoms with van der Waals surface area (Å²) in [7, 11) is 0. The van der Waals surface area contributed by atoms with Crippen molar-refractivity contribution < 1.29 is 9.53 Å². The Labute approximate surface area is 188 Å². The molecule has 0 fully saturated rings. The van der Waals surface area contributed by atoms with Crippen molar-refractivity contribution in [3.8, 4) is 17.0 Å². The molecule has 1 amide bonds. The first-order valence-electron chi connectivity index (χ1n) is 10.9. The first-order chi connectivity index (χ1) is 15.7. The average molecular weight is 426 g/mol. The molecule has 4 aromatic rings. The molecule has 32 heavy (non-hydrogen) atoms. The van der Waals surface area contributed by atoms with Crippen LogP contribution in [0.5, 0.6) is 5.75 Å². The molecule has 0 aliphatic rings. The minimum atomic E-state index is -0.196. The van der Waals surface area contributed by atoms with Crippen LogP contribution < -0.4 is 15.8 Å². The Balaban J connectivity index is 1.81. The first-order valence-corrected chi connectivity index (χ1v) is 10.9. The molecule has 0 saturated carbocycles. The Morgan fingerprint density at radius 3 is 2.38 bits per heavy atom. The van der Waals surface area contributed by atoms with E-state index in [2.05, 4.69) is 18.3 Å². The zero-order chi connectivity index (χ0) is 22.3. The van der Waals surface area contributed by atoms with Gasteiger partial charge in [0.1, 0.15) is 12.3 Å². The molecule has 0 unspecified atom stereocenters. The van der Waals surface area contributed by atoms with E-state index in [0.29, 0.717) is 36.7 Å². The Bertz CT molecular complexity index is 1220. The number of carbonyl (C=O) groups is 1. The van der Waals surface area contributed by atoms with Crippen molar-refractivity contribution in [1.82, 2.24) is 10.3 Å². The maximum Gasteiger partial charge on any atom is 0.256 e. The molecule has 0 spiro atoms. The van der Waals surface area contributed by atoms with Gasteiger partial charge in [0.2, 0.25) is 0 Å². The predicted octanol–water partition coefficient (Wildman–Crippen LogP) is 4.73. The van der Waals surface area contributed by atoms with Gasteiger partial charge in [-0.3, -0.25) is 4.79 Å². The van der Waals surface area contributed by atoms with Gasteiger partial charge in [0.25, 0.3) is 5.91 Å². The monoisotopic (exact) mass is 425 g/mol. The fourth-order valence-corrected chi connectivity index (χ4v) is 3.85. The van der Waals surface area contributed by atoms with E-state index >= 15 is 0 Å². The Kier molecular flexibility index (Phi) is 6.78. The molecule has 5 heteroatoms. The molecule has 4 rings (SSSR count). The largest absolute Gasteiger partial charge is 0.489 e. The summed E-state index contributed by atoms with van der Waals surface area (Å²) < 4.78 is 6.05. The summed E-state index contributed by atoms with van der Waals surface area (Å²) in [4.78, 5) is 18.4. The number of nitrogens with one attached hydrogen (secondary N) is 1. The highest BCUT2D eigenvalue weighted by Gasteiger charge is 2.23. The summed E-state index contributed by atoms with van der Waals surface area (Å²) >= 11 is 0. The van der Waals surface area contributed by atoms with Crippen LogP contribution in [0.4, 0.5) is 0 Å². The molecule has 1 heterocycles. The lowest BCUT2D eigenvalue weighted by atomic mass is 10.0. The highest BCUT2D eigenvalue weighted by molar-refractivity contribution is 6.10. The number of hydrogen-bond donors (Lipinski definition) is 2. The van der Waals surface area contributed by atoms with Crippen molar-refractivity contribution in [3.05, 3.63) is 95.6 Å². The smallest absolute Gasteiger partial charge is 0.256 e. The van der Waals surface area contributed by atoms with Gasteiger partial charge in [-0.25, -0.2) is 4.98 Å². The van der Waals surface area contributed by atoms with E-state index in [4.69, 9.17) is 15.5 Å². The number of fused-ring (bicyclic) bond motifs is 1. The van der Waals surface area contributed by atoms with Crippen molar-refractivity contribution >= 4 is 16.8 Å². The SMILES string of the molecule is CCc1ccccc1CNC(=O)c1c(OCCN)c(-c2ccccc2)nc2ccccc12. The van der Waals surface area contributed by atoms with E-state index in [1.54, 1.807) is 0 Å². The lowest BCUT2D eigenvalue weighted by Gasteiger charge is -2.18. The molecule has 3 N–H and O–H groups in total. The second-order valence-electron chi connectivity index (χ2n) is 7.49. The van der Waals surface area contributed by atoms with Gasteiger partial charge >= 0.3 is 0 Å². The van der Waals surface area contributed by atoms with E-state index in [9.17, 15) is 4.79 Å². The van der Waals surface area contributed by atoms with Crippen LogP contribution in [0, 0.1) is 0 Å². The number of aryl methyl sites for hydroxylation is 1. The average Bonchev–Trinajstić information content (AvgIpc) is 2.85. The number of benzene rings is 3. The molecule has 0 saturated heterocycles. The number of hydrogen-bond acceptors (Lipinski definition) is 4. The van der Waals surface area contributed by atoms with Gasteiger partial charge in [-0.05, 0) is 23.6 Å². The van der Waals surface area contributed by atoms with E-state index in [0.717, 1.165) is 28.5 Å². The highest BCUT2D eigenvalue weighted by Crippen LogP contribution is 2.36. The van der Waals surface area contributed by atoms with E-state index < -0.39 is 0 Å². The van der Waals surface area contributed by atoms with Crippen LogP contribution in [-0.4, -0.2) is 24.0 Å². The van der Waals surface area contributed by atoms with Crippen LogP contribution in [-0.2, 0) is 13.0 Å². The minimum absolute atomic E-state index is 0.196. The topological polar surface area (TPSA) is 77.2 Å². The summed E-state index contributed by atoms with van der Waals surface area (Å²) in [6.07, 6.45) is 0.910. The van der Waals surface area contributed by atoms with E-state index in [1.165, 1.54) is 5.56 Å². The maximum absolute atomic E-state index is 13.5. The van der Waals surface area contributed by atoms with Gasteiger partial charge in [0, 0.05) is 24.0 Å². The quantitative estimate of drug-likeness (QED) is 0.428. The molecule has 0 radical (unpaired) electrons. The van der Waals surface area contributed by atoms with Crippen molar-refractivity contribution in [3.63, 3.8) is 0 Å². The summed E-state index contributed by atoms with van der Waals surface area (Å²) in [6, 6.07) is 25.6. The molecule has 0 bridgehead atoms. The van der Waals surface area contributed by atoms with Crippen LogP contribution in [0.2, 0.25) is 0 Å². The number of amides is 1. The molecule has 1 aromatic heterocycles. The molecular formula is C27H27N3O2. The zero-order valence-electron chi connectivity index (χ0n) is 18.2. The van der Waals surface area contributed by atoms with Crippen LogP contribution in [0.15, 0.2) is 78.9 Å². The number of para-hydroxylation sites is 1. The molecule has 0 aliphatic heterocycles. The van der Waals surface area contributed by atoms with Crippen LogP contribution in [0.25, 0.3) is 22.2 Å². The van der Waals surface area contributed by atoms with Gasteiger partial charge in [-0.15, -0.1) is 0 Å². The minimum Gasteiger partial charge on any atom is -0.489 e. The van der Waals surface area contributed by atoms with Gasteiger partial charge in [0.15, 0.2) is 5.75 Å². The van der Waals surface area contributed by atoms with E-state index in [1.807, 2.05) is 72.8 Å². The van der Waals surface area contributed by atoms with Crippen molar-refractivity contribution in [1.29, 1.82) is 0 Å². The lowest BCUT2D eigenvalue weighted by Crippen LogP contribution is -2.25. The third-order valence-electron chi connectivity index (χ3n) is 5.43. The van der Waals surface area contributed by atoms with Crippen molar-refractivity contribution in [2.75, 3.05) is 13.2 Å². The number of nitrogens with two attached hydrogens (primary N) is 1. The van der Waals surface area contributed by atoms with Crippen LogP contribution >= 0.6 is 0 Å². The number of pyridine rings is 1. The second kappa shape index (κ2) is 10.1. The third-order valence-corrected chi connectivity index (χ3v) is 5.43. The number of ether oxygens (including phenoxy) is 1. The summed E-state index contributed by atoms with van der Waals surface area (Å²) in [5.41, 5.74) is 10.8. The Hall–Kier alpha value is -3.70. The number of aromatic nitrogens is 1. The maximum atomic E-state index is 13.5. The van der Waals surface area contributed by atoms with Crippen molar-refractivity contribution in [2.24, 2.45) is 5.73 Å². The molecule has 3 aromatic carbocycles. The predicted molar refractivity (Wildman–Crippen MR) is 129 cm³/mol. The van der Waals surface area contributed by atoms with Gasteiger partial charge in [-0.1, -0.05) is 79.7 Å². The second-order valence-corrected chi connectivity index (χ2v) is 7.49. The van der Waals surface area contributed by atoms with Crippen LogP contribution in [0.3, 0.4) is 0 Å². The fourth-order valence-electron chi connectivity index (χ4n) is 3.85. The van der Waals surface area contributed by atoms with Crippen LogP contribution in [0.1, 0.15) is 28.4 Å². The number of rotatable bonds is 8. The van der Waals surface area contributed by atoms with Gasteiger partial charge < -0.3 is 15.8 Å². The normalized spacial score (nSPS) is 10.8.